The monoisotopic (exact) mass is 437 g/mol. The molecule has 0 bridgehead atoms. The van der Waals surface area contributed by atoms with Gasteiger partial charge in [0.15, 0.2) is 0 Å². The lowest BCUT2D eigenvalue weighted by Crippen LogP contribution is -2.28. The normalized spacial score (nSPS) is 18.2. The Labute approximate surface area is 184 Å². The second-order valence-corrected chi connectivity index (χ2v) is 8.84. The molecule has 4 nitrogen and oxygen atoms in total. The third-order valence-corrected chi connectivity index (χ3v) is 6.39. The van der Waals surface area contributed by atoms with E-state index >= 15 is 0 Å². The van der Waals surface area contributed by atoms with Crippen molar-refractivity contribution >= 4 is 40.4 Å². The summed E-state index contributed by atoms with van der Waals surface area (Å²) in [6.07, 6.45) is 0. The Hall–Kier alpha value is -2.89. The number of hydrogen-bond acceptors (Lipinski definition) is 4. The molecule has 3 aromatic rings. The fourth-order valence-electron chi connectivity index (χ4n) is 3.74. The molecule has 0 radical (unpaired) electrons. The molecular formula is C24H20ClNO3S. The zero-order chi connectivity index (χ0) is 21.4. The van der Waals surface area contributed by atoms with E-state index in [2.05, 4.69) is 0 Å². The van der Waals surface area contributed by atoms with Crippen LogP contribution in [0.1, 0.15) is 33.2 Å². The van der Waals surface area contributed by atoms with Crippen LogP contribution < -0.4 is 0 Å². The summed E-state index contributed by atoms with van der Waals surface area (Å²) in [7, 11) is 0. The lowest BCUT2D eigenvalue weighted by atomic mass is 9.93. The molecule has 6 heteroatoms. The number of carbonyl (C=O) groups is 2. The van der Waals surface area contributed by atoms with Crippen molar-refractivity contribution in [3.8, 4) is 0 Å². The number of aryl methyl sites for hydroxylation is 2. The van der Waals surface area contributed by atoms with Crippen LogP contribution in [0.15, 0.2) is 65.6 Å². The van der Waals surface area contributed by atoms with Crippen molar-refractivity contribution in [1.82, 2.24) is 4.90 Å². The number of hydrogen-bond donors (Lipinski definition) is 1. The number of aliphatic hydroxyl groups excluding tert-OH is 1. The maximum absolute atomic E-state index is 13.1. The lowest BCUT2D eigenvalue weighted by Gasteiger charge is -2.25. The van der Waals surface area contributed by atoms with Gasteiger partial charge < -0.3 is 10.0 Å². The van der Waals surface area contributed by atoms with E-state index < -0.39 is 17.7 Å². The first-order valence-electron chi connectivity index (χ1n) is 9.50. The van der Waals surface area contributed by atoms with Gasteiger partial charge in [-0.05, 0) is 54.6 Å². The first-order chi connectivity index (χ1) is 14.4. The summed E-state index contributed by atoms with van der Waals surface area (Å²) in [5.41, 5.74) is 3.17. The number of rotatable bonds is 4. The van der Waals surface area contributed by atoms with Crippen LogP contribution in [0.3, 0.4) is 0 Å². The number of carbonyl (C=O) groups excluding carboxylic acids is 2. The Morgan fingerprint density at radius 3 is 2.50 bits per heavy atom. The topological polar surface area (TPSA) is 57.6 Å². The van der Waals surface area contributed by atoms with Gasteiger partial charge in [-0.1, -0.05) is 47.5 Å². The fourth-order valence-corrected chi connectivity index (χ4v) is 4.57. The minimum atomic E-state index is -0.690. The maximum Gasteiger partial charge on any atom is 0.295 e. The second kappa shape index (κ2) is 8.09. The van der Waals surface area contributed by atoms with Gasteiger partial charge in [-0.25, -0.2) is 0 Å². The van der Waals surface area contributed by atoms with Gasteiger partial charge in [0.1, 0.15) is 5.76 Å². The summed E-state index contributed by atoms with van der Waals surface area (Å²) in [5.74, 6) is -1.44. The van der Waals surface area contributed by atoms with Crippen molar-refractivity contribution in [2.24, 2.45) is 0 Å². The summed E-state index contributed by atoms with van der Waals surface area (Å²) in [6.45, 7) is 4.08. The zero-order valence-electron chi connectivity index (χ0n) is 16.6. The maximum atomic E-state index is 13.1. The Morgan fingerprint density at radius 1 is 1.10 bits per heavy atom. The molecule has 1 unspecified atom stereocenters. The van der Waals surface area contributed by atoms with E-state index in [1.807, 2.05) is 49.6 Å². The average Bonchev–Trinajstić information content (AvgIpc) is 3.32. The number of halogens is 1. The number of Topliss-reactive ketones (excluding diaryl/α,β-unsaturated/α-hetero) is 1. The molecule has 4 rings (SSSR count). The predicted octanol–water partition coefficient (Wildman–Crippen LogP) is 5.64. The number of ketones is 1. The van der Waals surface area contributed by atoms with Gasteiger partial charge >= 0.3 is 0 Å². The van der Waals surface area contributed by atoms with Crippen LogP contribution >= 0.6 is 22.9 Å². The number of amides is 1. The van der Waals surface area contributed by atoms with Crippen molar-refractivity contribution in [3.05, 3.63) is 97.7 Å². The van der Waals surface area contributed by atoms with Crippen LogP contribution in [0.4, 0.5) is 0 Å². The third-order valence-electron chi connectivity index (χ3n) is 5.28. The highest BCUT2D eigenvalue weighted by molar-refractivity contribution is 7.09. The van der Waals surface area contributed by atoms with E-state index in [9.17, 15) is 14.7 Å². The smallest absolute Gasteiger partial charge is 0.295 e. The summed E-state index contributed by atoms with van der Waals surface area (Å²) in [5, 5.41) is 13.7. The van der Waals surface area contributed by atoms with E-state index in [1.165, 1.54) is 16.2 Å². The number of likely N-dealkylation sites (tertiary alicyclic amines) is 1. The van der Waals surface area contributed by atoms with Gasteiger partial charge in [-0.15, -0.1) is 11.3 Å². The van der Waals surface area contributed by atoms with E-state index in [0.717, 1.165) is 21.6 Å². The van der Waals surface area contributed by atoms with E-state index in [-0.39, 0.29) is 11.3 Å². The van der Waals surface area contributed by atoms with Gasteiger partial charge in [0, 0.05) is 15.5 Å². The highest BCUT2D eigenvalue weighted by Gasteiger charge is 2.46. The molecule has 1 aliphatic heterocycles. The van der Waals surface area contributed by atoms with Crippen LogP contribution in [0.5, 0.6) is 0 Å². The lowest BCUT2D eigenvalue weighted by molar-refractivity contribution is -0.140. The Morgan fingerprint density at radius 2 is 1.83 bits per heavy atom. The number of nitrogens with zero attached hydrogens (tertiary/aromatic N) is 1. The van der Waals surface area contributed by atoms with Gasteiger partial charge in [0.2, 0.25) is 0 Å². The molecule has 0 spiro atoms. The molecule has 152 valence electrons. The highest BCUT2D eigenvalue weighted by Crippen LogP contribution is 2.41. The van der Waals surface area contributed by atoms with Gasteiger partial charge in [0.25, 0.3) is 11.7 Å². The van der Waals surface area contributed by atoms with Crippen molar-refractivity contribution in [2.75, 3.05) is 0 Å². The first kappa shape index (κ1) is 20.4. The van der Waals surface area contributed by atoms with Crippen molar-refractivity contribution in [3.63, 3.8) is 0 Å². The summed E-state index contributed by atoms with van der Waals surface area (Å²) >= 11 is 7.57. The van der Waals surface area contributed by atoms with Crippen LogP contribution in [0, 0.1) is 13.8 Å². The van der Waals surface area contributed by atoms with E-state index in [0.29, 0.717) is 17.1 Å². The number of thiophene rings is 1. The van der Waals surface area contributed by atoms with Crippen molar-refractivity contribution in [2.45, 2.75) is 26.4 Å². The first-order valence-corrected chi connectivity index (χ1v) is 10.8. The number of aliphatic hydroxyl groups is 1. The molecule has 0 saturated carbocycles. The molecule has 30 heavy (non-hydrogen) atoms. The molecule has 1 aliphatic rings. The molecule has 1 fully saturated rings. The molecule has 1 aromatic heterocycles. The van der Waals surface area contributed by atoms with Crippen molar-refractivity contribution < 1.29 is 14.7 Å². The summed E-state index contributed by atoms with van der Waals surface area (Å²) in [4.78, 5) is 28.5. The van der Waals surface area contributed by atoms with Crippen LogP contribution in [-0.4, -0.2) is 21.7 Å². The highest BCUT2D eigenvalue weighted by atomic mass is 35.5. The van der Waals surface area contributed by atoms with E-state index in [4.69, 9.17) is 11.6 Å². The summed E-state index contributed by atoms with van der Waals surface area (Å²) in [6, 6.07) is 15.8. The molecule has 1 atom stereocenters. The third kappa shape index (κ3) is 3.66. The Kier molecular flexibility index (Phi) is 5.50. The molecular weight excluding hydrogens is 418 g/mol. The fraction of sp³-hybridized carbons (Fsp3) is 0.167. The van der Waals surface area contributed by atoms with E-state index in [1.54, 1.807) is 24.3 Å². The average molecular weight is 438 g/mol. The minimum absolute atomic E-state index is 0.104. The SMILES string of the molecule is Cc1ccc(C)c(/C(O)=C2\C(=O)C(=O)N(Cc3cccs3)C2c2ccc(Cl)cc2)c1. The van der Waals surface area contributed by atoms with Gasteiger partial charge in [-0.2, -0.15) is 0 Å². The molecule has 2 aromatic carbocycles. The Bertz CT molecular complexity index is 1150. The largest absolute Gasteiger partial charge is 0.507 e. The van der Waals surface area contributed by atoms with Crippen molar-refractivity contribution in [1.29, 1.82) is 0 Å². The van der Waals surface area contributed by atoms with Crippen LogP contribution in [0.2, 0.25) is 5.02 Å². The Balaban J connectivity index is 1.90. The van der Waals surface area contributed by atoms with Crippen LogP contribution in [0.25, 0.3) is 5.76 Å². The van der Waals surface area contributed by atoms with Gasteiger partial charge in [-0.3, -0.25) is 9.59 Å². The van der Waals surface area contributed by atoms with Gasteiger partial charge in [0.05, 0.1) is 18.2 Å². The molecule has 2 heterocycles. The number of benzene rings is 2. The second-order valence-electron chi connectivity index (χ2n) is 7.38. The molecule has 1 amide bonds. The minimum Gasteiger partial charge on any atom is -0.507 e. The molecule has 1 saturated heterocycles. The molecule has 0 aliphatic carbocycles. The predicted molar refractivity (Wildman–Crippen MR) is 120 cm³/mol. The zero-order valence-corrected chi connectivity index (χ0v) is 18.1. The standard InChI is InChI=1S/C24H20ClNO3S/c1-14-5-6-15(2)19(12-14)22(27)20-21(16-7-9-17(25)10-8-16)26(24(29)23(20)28)13-18-4-3-11-30-18/h3-12,21,27H,13H2,1-2H3/b22-20+. The quantitative estimate of drug-likeness (QED) is 0.326. The van der Waals surface area contributed by atoms with Crippen LogP contribution in [-0.2, 0) is 16.1 Å². The summed E-state index contributed by atoms with van der Waals surface area (Å²) < 4.78 is 0. The molecule has 1 N–H and O–H groups in total.